The maximum atomic E-state index is 8.52. The topological polar surface area (TPSA) is 132 Å². The van der Waals surface area contributed by atoms with Gasteiger partial charge in [-0.3, -0.25) is 8.42 Å². The molecular weight excluding hydrogens is 220 g/mol. The molecule has 0 radical (unpaired) electrons. The van der Waals surface area contributed by atoms with Crippen molar-refractivity contribution in [2.45, 2.75) is 27.7 Å². The highest BCUT2D eigenvalue weighted by Gasteiger charge is 1.80. The summed E-state index contributed by atoms with van der Waals surface area (Å²) in [6.07, 6.45) is 0. The van der Waals surface area contributed by atoms with Crippen molar-refractivity contribution >= 4 is 10.4 Å². The molecule has 0 fully saturated rings. The molecule has 0 aliphatic heterocycles. The summed E-state index contributed by atoms with van der Waals surface area (Å²) in [5.74, 6) is 1.32. The highest BCUT2D eigenvalue weighted by atomic mass is 32.3. The van der Waals surface area contributed by atoms with Crippen LogP contribution in [0.2, 0.25) is 0 Å². The van der Waals surface area contributed by atoms with Gasteiger partial charge in [-0.1, -0.05) is 27.7 Å². The van der Waals surface area contributed by atoms with Crippen LogP contribution in [0, 0.1) is 11.8 Å². The number of rotatable bonds is 2. The van der Waals surface area contributed by atoms with E-state index in [1.54, 1.807) is 0 Å². The molecule has 0 rings (SSSR count). The highest BCUT2D eigenvalue weighted by Crippen LogP contribution is 1.81. The minimum atomic E-state index is -5.17. The number of hydrogen-bond donors (Lipinski definition) is 2. The van der Waals surface area contributed by atoms with E-state index < -0.39 is 10.4 Å². The molecule has 4 N–H and O–H groups in total. The molecule has 0 atom stereocenters. The van der Waals surface area contributed by atoms with Crippen molar-refractivity contribution in [3.63, 3.8) is 0 Å². The van der Waals surface area contributed by atoms with Crippen LogP contribution in [0.1, 0.15) is 27.7 Å². The third-order valence-corrected chi connectivity index (χ3v) is 0.943. The third-order valence-electron chi connectivity index (χ3n) is 0.943. The number of hydrogen-bond acceptors (Lipinski definition) is 6. The Hall–Kier alpha value is -0.210. The minimum Gasteiger partial charge on any atom is -0.759 e. The molecule has 0 saturated heterocycles. The maximum Gasteiger partial charge on any atom is 0.0311 e. The Morgan fingerprint density at radius 1 is 0.933 bits per heavy atom. The molecule has 0 bridgehead atoms. The maximum absolute atomic E-state index is 8.52. The third kappa shape index (κ3) is 133. The van der Waals surface area contributed by atoms with Crippen LogP contribution < -0.4 is 11.5 Å². The van der Waals surface area contributed by atoms with Crippen LogP contribution in [0.5, 0.6) is 0 Å². The van der Waals surface area contributed by atoms with Crippen molar-refractivity contribution in [2.75, 3.05) is 13.1 Å². The lowest BCUT2D eigenvalue weighted by atomic mass is 10.2. The molecule has 0 heterocycles. The summed E-state index contributed by atoms with van der Waals surface area (Å²) in [6.45, 7) is 10.0. The fraction of sp³-hybridized carbons (Fsp3) is 1.00. The molecule has 0 amide bonds. The molecule has 0 aromatic rings. The standard InChI is InChI=1S/2C4H11N.H2O4S/c2*1-4(2)3-5;1-5(2,3)4/h2*4H,3,5H2,1-2H3;(H2,1,2,3,4)/p-2. The van der Waals surface area contributed by atoms with E-state index in [0.717, 1.165) is 13.1 Å². The van der Waals surface area contributed by atoms with Gasteiger partial charge in [-0.2, -0.15) is 0 Å². The van der Waals surface area contributed by atoms with Gasteiger partial charge in [-0.25, -0.2) is 0 Å². The van der Waals surface area contributed by atoms with Crippen LogP contribution in [0.3, 0.4) is 0 Å². The average molecular weight is 242 g/mol. The van der Waals surface area contributed by atoms with Gasteiger partial charge < -0.3 is 20.6 Å². The summed E-state index contributed by atoms with van der Waals surface area (Å²) in [5, 5.41) is 0. The summed E-state index contributed by atoms with van der Waals surface area (Å²) in [4.78, 5) is 0. The average Bonchev–Trinajstić information content (AvgIpc) is 2.02. The quantitative estimate of drug-likeness (QED) is 0.511. The first-order valence-electron chi connectivity index (χ1n) is 4.61. The molecule has 0 aliphatic carbocycles. The van der Waals surface area contributed by atoms with Crippen LogP contribution in [0.15, 0.2) is 0 Å². The van der Waals surface area contributed by atoms with E-state index in [4.69, 9.17) is 29.0 Å². The van der Waals surface area contributed by atoms with Gasteiger partial charge in [0.25, 0.3) is 0 Å². The van der Waals surface area contributed by atoms with Crippen LogP contribution in [-0.2, 0) is 10.4 Å². The second-order valence-corrected chi connectivity index (χ2v) is 4.48. The molecule has 0 unspecified atom stereocenters. The minimum absolute atomic E-state index is 0.662. The van der Waals surface area contributed by atoms with E-state index >= 15 is 0 Å². The van der Waals surface area contributed by atoms with E-state index in [2.05, 4.69) is 27.7 Å². The van der Waals surface area contributed by atoms with Crippen LogP contribution in [0.25, 0.3) is 0 Å². The molecule has 7 heteroatoms. The smallest absolute Gasteiger partial charge is 0.0311 e. The summed E-state index contributed by atoms with van der Waals surface area (Å²) in [7, 11) is -5.17. The van der Waals surface area contributed by atoms with Crippen LogP contribution in [-0.4, -0.2) is 30.6 Å². The van der Waals surface area contributed by atoms with Gasteiger partial charge >= 0.3 is 0 Å². The Morgan fingerprint density at radius 2 is 1.00 bits per heavy atom. The Labute approximate surface area is 92.6 Å². The zero-order chi connectivity index (χ0) is 13.1. The summed E-state index contributed by atoms with van der Waals surface area (Å²) < 4.78 is 34.1. The van der Waals surface area contributed by atoms with Gasteiger partial charge in [0, 0.05) is 10.4 Å². The molecule has 6 nitrogen and oxygen atoms in total. The molecule has 0 spiro atoms. The van der Waals surface area contributed by atoms with Gasteiger partial charge in [-0.05, 0) is 24.9 Å². The fourth-order valence-corrected chi connectivity index (χ4v) is 0. The molecular formula is C8H22N2O4S-2. The second kappa shape index (κ2) is 11.9. The van der Waals surface area contributed by atoms with Gasteiger partial charge in [0.15, 0.2) is 0 Å². The van der Waals surface area contributed by atoms with Crippen molar-refractivity contribution in [1.29, 1.82) is 0 Å². The predicted octanol–water partition coefficient (Wildman–Crippen LogP) is -0.136. The van der Waals surface area contributed by atoms with E-state index in [9.17, 15) is 0 Å². The largest absolute Gasteiger partial charge is 0.759 e. The SMILES string of the molecule is CC(C)CN.CC(C)CN.O=S(=O)([O-])[O-]. The summed E-state index contributed by atoms with van der Waals surface area (Å²) >= 11 is 0. The lowest BCUT2D eigenvalue weighted by molar-refractivity contribution is 0.352. The second-order valence-electron chi connectivity index (χ2n) is 3.67. The van der Waals surface area contributed by atoms with E-state index in [0.29, 0.717) is 11.8 Å². The molecule has 15 heavy (non-hydrogen) atoms. The van der Waals surface area contributed by atoms with E-state index in [1.807, 2.05) is 0 Å². The van der Waals surface area contributed by atoms with E-state index in [-0.39, 0.29) is 0 Å². The van der Waals surface area contributed by atoms with Crippen LogP contribution in [0.4, 0.5) is 0 Å². The molecule has 96 valence electrons. The van der Waals surface area contributed by atoms with Gasteiger partial charge in [-0.15, -0.1) is 0 Å². The molecule has 0 aromatic heterocycles. The Bertz CT molecular complexity index is 187. The van der Waals surface area contributed by atoms with Crippen molar-refractivity contribution in [2.24, 2.45) is 23.3 Å². The highest BCUT2D eigenvalue weighted by molar-refractivity contribution is 7.79. The first-order valence-corrected chi connectivity index (χ1v) is 5.94. The first-order chi connectivity index (χ1) is 6.54. The fourth-order valence-electron chi connectivity index (χ4n) is 0. The predicted molar refractivity (Wildman–Crippen MR) is 58.3 cm³/mol. The molecule has 0 saturated carbocycles. The van der Waals surface area contributed by atoms with Gasteiger partial charge in [0.2, 0.25) is 0 Å². The van der Waals surface area contributed by atoms with Crippen molar-refractivity contribution in [1.82, 2.24) is 0 Å². The Kier molecular flexibility index (Phi) is 16.0. The summed E-state index contributed by atoms with van der Waals surface area (Å²) in [5.41, 5.74) is 10.3. The number of nitrogens with two attached hydrogens (primary N) is 2. The first kappa shape index (κ1) is 20.2. The Balaban J connectivity index is -0.000000144. The van der Waals surface area contributed by atoms with Gasteiger partial charge in [0.1, 0.15) is 0 Å². The molecule has 0 aromatic carbocycles. The van der Waals surface area contributed by atoms with Crippen LogP contribution >= 0.6 is 0 Å². The summed E-state index contributed by atoms with van der Waals surface area (Å²) in [6, 6.07) is 0. The van der Waals surface area contributed by atoms with E-state index in [1.165, 1.54) is 0 Å². The zero-order valence-electron chi connectivity index (χ0n) is 9.76. The Morgan fingerprint density at radius 3 is 1.00 bits per heavy atom. The van der Waals surface area contributed by atoms with Crippen molar-refractivity contribution in [3.05, 3.63) is 0 Å². The zero-order valence-corrected chi connectivity index (χ0v) is 10.6. The van der Waals surface area contributed by atoms with Crippen molar-refractivity contribution < 1.29 is 17.5 Å². The lowest BCUT2D eigenvalue weighted by Crippen LogP contribution is -2.05. The van der Waals surface area contributed by atoms with Crippen molar-refractivity contribution in [3.8, 4) is 0 Å². The normalized spacial score (nSPS) is 10.3. The van der Waals surface area contributed by atoms with Gasteiger partial charge in [0.05, 0.1) is 0 Å². The lowest BCUT2D eigenvalue weighted by Gasteiger charge is -2.06. The monoisotopic (exact) mass is 242 g/mol. The molecule has 0 aliphatic rings.